The maximum atomic E-state index is 4.74. The minimum Gasteiger partial charge on any atom is -0.369 e. The SMILES string of the molecule is CN(C)CCCNc1ccc2ncc(-c3ccc4ccccc4c3)n2n1. The number of hydrogen-bond acceptors (Lipinski definition) is 4. The van der Waals surface area contributed by atoms with Crippen LogP contribution in [0.2, 0.25) is 0 Å². The lowest BCUT2D eigenvalue weighted by atomic mass is 10.1. The van der Waals surface area contributed by atoms with Crippen LogP contribution < -0.4 is 5.32 Å². The summed E-state index contributed by atoms with van der Waals surface area (Å²) >= 11 is 0. The molecule has 4 aromatic rings. The lowest BCUT2D eigenvalue weighted by Gasteiger charge is -2.10. The average molecular weight is 345 g/mol. The van der Waals surface area contributed by atoms with Crippen molar-refractivity contribution < 1.29 is 0 Å². The van der Waals surface area contributed by atoms with Gasteiger partial charge in [-0.15, -0.1) is 5.10 Å². The van der Waals surface area contributed by atoms with Gasteiger partial charge in [0.1, 0.15) is 5.82 Å². The predicted octanol–water partition coefficient (Wildman–Crippen LogP) is 3.91. The summed E-state index contributed by atoms with van der Waals surface area (Å²) in [6.45, 7) is 1.96. The first kappa shape index (κ1) is 16.5. The smallest absolute Gasteiger partial charge is 0.154 e. The lowest BCUT2D eigenvalue weighted by molar-refractivity contribution is 0.405. The second-order valence-corrected chi connectivity index (χ2v) is 6.78. The zero-order valence-electron chi connectivity index (χ0n) is 15.2. The van der Waals surface area contributed by atoms with Crippen LogP contribution in [-0.2, 0) is 0 Å². The monoisotopic (exact) mass is 345 g/mol. The van der Waals surface area contributed by atoms with Gasteiger partial charge in [-0.05, 0) is 56.0 Å². The van der Waals surface area contributed by atoms with E-state index in [-0.39, 0.29) is 0 Å². The molecule has 0 amide bonds. The highest BCUT2D eigenvalue weighted by molar-refractivity contribution is 5.87. The molecule has 0 aliphatic rings. The predicted molar refractivity (Wildman–Crippen MR) is 108 cm³/mol. The molecular weight excluding hydrogens is 322 g/mol. The molecule has 4 rings (SSSR count). The van der Waals surface area contributed by atoms with E-state index in [1.807, 2.05) is 22.8 Å². The summed E-state index contributed by atoms with van der Waals surface area (Å²) in [6.07, 6.45) is 2.97. The van der Waals surface area contributed by atoms with E-state index in [1.54, 1.807) is 0 Å². The highest BCUT2D eigenvalue weighted by Gasteiger charge is 2.08. The first-order valence-electron chi connectivity index (χ1n) is 8.93. The van der Waals surface area contributed by atoms with E-state index in [0.717, 1.165) is 42.2 Å². The van der Waals surface area contributed by atoms with Gasteiger partial charge in [0, 0.05) is 12.1 Å². The van der Waals surface area contributed by atoms with Crippen LogP contribution in [0.4, 0.5) is 5.82 Å². The normalized spacial score (nSPS) is 11.5. The largest absolute Gasteiger partial charge is 0.369 e. The molecule has 2 heterocycles. The van der Waals surface area contributed by atoms with Crippen LogP contribution in [0.3, 0.4) is 0 Å². The van der Waals surface area contributed by atoms with Gasteiger partial charge >= 0.3 is 0 Å². The third kappa shape index (κ3) is 3.39. The number of nitrogens with zero attached hydrogens (tertiary/aromatic N) is 4. The third-order valence-electron chi connectivity index (χ3n) is 4.50. The Bertz CT molecular complexity index is 1030. The van der Waals surface area contributed by atoms with Crippen LogP contribution in [0.25, 0.3) is 27.7 Å². The Labute approximate surface area is 153 Å². The number of rotatable bonds is 6. The van der Waals surface area contributed by atoms with Crippen LogP contribution in [0.15, 0.2) is 60.8 Å². The summed E-state index contributed by atoms with van der Waals surface area (Å²) in [5.41, 5.74) is 2.98. The van der Waals surface area contributed by atoms with E-state index in [9.17, 15) is 0 Å². The fourth-order valence-corrected chi connectivity index (χ4v) is 3.12. The van der Waals surface area contributed by atoms with E-state index in [1.165, 1.54) is 10.8 Å². The number of anilines is 1. The standard InChI is InChI=1S/C21H23N5/c1-25(2)13-5-12-22-20-10-11-21-23-15-19(26(21)24-20)18-9-8-16-6-3-4-7-17(16)14-18/h3-4,6-11,14-15H,5,12-13H2,1-2H3,(H,22,24). The van der Waals surface area contributed by atoms with Crippen molar-refractivity contribution >= 4 is 22.2 Å². The van der Waals surface area contributed by atoms with Gasteiger partial charge in [-0.2, -0.15) is 0 Å². The van der Waals surface area contributed by atoms with Crippen LogP contribution in [0.5, 0.6) is 0 Å². The molecule has 26 heavy (non-hydrogen) atoms. The Balaban J connectivity index is 1.63. The van der Waals surface area contributed by atoms with E-state index in [4.69, 9.17) is 5.10 Å². The van der Waals surface area contributed by atoms with Crippen LogP contribution in [0.1, 0.15) is 6.42 Å². The molecule has 1 N–H and O–H groups in total. The van der Waals surface area contributed by atoms with Gasteiger partial charge in [0.2, 0.25) is 0 Å². The molecule has 2 aromatic carbocycles. The van der Waals surface area contributed by atoms with Crippen molar-refractivity contribution in [3.05, 3.63) is 60.8 Å². The maximum Gasteiger partial charge on any atom is 0.154 e. The average Bonchev–Trinajstić information content (AvgIpc) is 3.08. The van der Waals surface area contributed by atoms with Crippen molar-refractivity contribution in [2.75, 3.05) is 32.5 Å². The Morgan fingerprint density at radius 2 is 1.85 bits per heavy atom. The van der Waals surface area contributed by atoms with Gasteiger partial charge < -0.3 is 10.2 Å². The minimum atomic E-state index is 0.854. The van der Waals surface area contributed by atoms with E-state index < -0.39 is 0 Å². The quantitative estimate of drug-likeness (QED) is 0.538. The van der Waals surface area contributed by atoms with E-state index >= 15 is 0 Å². The van der Waals surface area contributed by atoms with Gasteiger partial charge in [-0.25, -0.2) is 9.50 Å². The van der Waals surface area contributed by atoms with Crippen molar-refractivity contribution in [1.82, 2.24) is 19.5 Å². The number of benzene rings is 2. The molecule has 2 aromatic heterocycles. The second kappa shape index (κ2) is 7.14. The van der Waals surface area contributed by atoms with Gasteiger partial charge in [-0.3, -0.25) is 0 Å². The second-order valence-electron chi connectivity index (χ2n) is 6.78. The first-order chi connectivity index (χ1) is 12.7. The molecule has 0 aliphatic heterocycles. The number of fused-ring (bicyclic) bond motifs is 2. The Kier molecular flexibility index (Phi) is 4.54. The summed E-state index contributed by atoms with van der Waals surface area (Å²) in [6, 6.07) is 18.8. The van der Waals surface area contributed by atoms with Crippen LogP contribution >= 0.6 is 0 Å². The van der Waals surface area contributed by atoms with Gasteiger partial charge in [0.25, 0.3) is 0 Å². The first-order valence-corrected chi connectivity index (χ1v) is 8.93. The Hall–Kier alpha value is -2.92. The van der Waals surface area contributed by atoms with Gasteiger partial charge in [-0.1, -0.05) is 36.4 Å². The Morgan fingerprint density at radius 1 is 1.00 bits per heavy atom. The van der Waals surface area contributed by atoms with Crippen molar-refractivity contribution in [2.45, 2.75) is 6.42 Å². The molecule has 0 radical (unpaired) electrons. The fourth-order valence-electron chi connectivity index (χ4n) is 3.12. The zero-order valence-corrected chi connectivity index (χ0v) is 15.2. The number of hydrogen-bond donors (Lipinski definition) is 1. The fraction of sp³-hybridized carbons (Fsp3) is 0.238. The molecule has 132 valence electrons. The molecule has 0 spiro atoms. The molecular formula is C21H23N5. The van der Waals surface area contributed by atoms with Crippen molar-refractivity contribution in [1.29, 1.82) is 0 Å². The number of aromatic nitrogens is 3. The van der Waals surface area contributed by atoms with Crippen molar-refractivity contribution in [3.8, 4) is 11.3 Å². The van der Waals surface area contributed by atoms with Crippen molar-refractivity contribution in [3.63, 3.8) is 0 Å². The summed E-state index contributed by atoms with van der Waals surface area (Å²) < 4.78 is 1.92. The minimum absolute atomic E-state index is 0.854. The Morgan fingerprint density at radius 3 is 2.69 bits per heavy atom. The maximum absolute atomic E-state index is 4.74. The van der Waals surface area contributed by atoms with Crippen LogP contribution in [-0.4, -0.2) is 46.7 Å². The highest BCUT2D eigenvalue weighted by atomic mass is 15.3. The molecule has 5 heteroatoms. The van der Waals surface area contributed by atoms with Gasteiger partial charge in [0.15, 0.2) is 5.65 Å². The molecule has 5 nitrogen and oxygen atoms in total. The zero-order chi connectivity index (χ0) is 17.9. The highest BCUT2D eigenvalue weighted by Crippen LogP contribution is 2.25. The summed E-state index contributed by atoms with van der Waals surface area (Å²) in [7, 11) is 4.18. The van der Waals surface area contributed by atoms with Gasteiger partial charge in [0.05, 0.1) is 11.9 Å². The number of imidazole rings is 1. The van der Waals surface area contributed by atoms with E-state index in [2.05, 4.69) is 71.8 Å². The molecule has 0 saturated heterocycles. The molecule has 0 bridgehead atoms. The van der Waals surface area contributed by atoms with Crippen molar-refractivity contribution in [2.24, 2.45) is 0 Å². The third-order valence-corrected chi connectivity index (χ3v) is 4.50. The topological polar surface area (TPSA) is 45.5 Å². The molecule has 0 saturated carbocycles. The summed E-state index contributed by atoms with van der Waals surface area (Å²) in [5.74, 6) is 0.872. The molecule has 0 unspecified atom stereocenters. The van der Waals surface area contributed by atoms with Crippen LogP contribution in [0, 0.1) is 0 Å². The number of nitrogens with one attached hydrogen (secondary N) is 1. The lowest BCUT2D eigenvalue weighted by Crippen LogP contribution is -2.16. The molecule has 0 aliphatic carbocycles. The summed E-state index contributed by atoms with van der Waals surface area (Å²) in [4.78, 5) is 6.69. The molecule has 0 atom stereocenters. The van der Waals surface area contributed by atoms with E-state index in [0.29, 0.717) is 0 Å². The molecule has 0 fully saturated rings. The summed E-state index contributed by atoms with van der Waals surface area (Å²) in [5, 5.41) is 10.6.